The lowest BCUT2D eigenvalue weighted by molar-refractivity contribution is 0.350. The number of hydrogen-bond acceptors (Lipinski definition) is 4. The summed E-state index contributed by atoms with van der Waals surface area (Å²) in [4.78, 5) is 0. The van der Waals surface area contributed by atoms with Crippen LogP contribution in [0.3, 0.4) is 0 Å². The van der Waals surface area contributed by atoms with E-state index in [-0.39, 0.29) is 0 Å². The minimum atomic E-state index is 0.503. The third-order valence-corrected chi connectivity index (χ3v) is 4.68. The zero-order valence-electron chi connectivity index (χ0n) is 10.3. The Morgan fingerprint density at radius 1 is 1.28 bits per heavy atom. The lowest BCUT2D eigenvalue weighted by Crippen LogP contribution is -2.30. The SMILES string of the molecule is CC1CCCCC1Nc1c(Cl)ccc2nsnc12. The molecule has 1 heterocycles. The molecule has 2 atom stereocenters. The maximum Gasteiger partial charge on any atom is 0.129 e. The van der Waals surface area contributed by atoms with Crippen LogP contribution in [0.4, 0.5) is 5.69 Å². The van der Waals surface area contributed by atoms with Gasteiger partial charge in [-0.2, -0.15) is 8.75 Å². The third kappa shape index (κ3) is 2.19. The van der Waals surface area contributed by atoms with E-state index in [1.807, 2.05) is 12.1 Å². The second kappa shape index (κ2) is 5.02. The fourth-order valence-corrected chi connectivity index (χ4v) is 3.43. The summed E-state index contributed by atoms with van der Waals surface area (Å²) in [6.45, 7) is 2.31. The van der Waals surface area contributed by atoms with Crippen LogP contribution in [-0.4, -0.2) is 14.8 Å². The van der Waals surface area contributed by atoms with Crippen molar-refractivity contribution in [2.75, 3.05) is 5.32 Å². The van der Waals surface area contributed by atoms with Crippen molar-refractivity contribution in [3.8, 4) is 0 Å². The molecular weight excluding hydrogens is 266 g/mol. The Bertz CT molecular complexity index is 554. The summed E-state index contributed by atoms with van der Waals surface area (Å²) in [5, 5.41) is 4.34. The van der Waals surface area contributed by atoms with E-state index in [1.165, 1.54) is 37.4 Å². The first-order chi connectivity index (χ1) is 8.75. The normalized spacial score (nSPS) is 24.3. The summed E-state index contributed by atoms with van der Waals surface area (Å²) in [5.41, 5.74) is 2.79. The maximum atomic E-state index is 6.30. The molecule has 1 aliphatic carbocycles. The molecule has 0 amide bonds. The van der Waals surface area contributed by atoms with Crippen molar-refractivity contribution in [2.24, 2.45) is 5.92 Å². The number of aromatic nitrogens is 2. The first-order valence-corrected chi connectivity index (χ1v) is 7.54. The van der Waals surface area contributed by atoms with Crippen molar-refractivity contribution in [3.05, 3.63) is 17.2 Å². The van der Waals surface area contributed by atoms with Gasteiger partial charge in [-0.15, -0.1) is 0 Å². The number of nitrogens with one attached hydrogen (secondary N) is 1. The summed E-state index contributed by atoms with van der Waals surface area (Å²) < 4.78 is 8.62. The molecule has 2 unspecified atom stereocenters. The van der Waals surface area contributed by atoms with E-state index in [4.69, 9.17) is 11.6 Å². The molecule has 1 N–H and O–H groups in total. The zero-order valence-corrected chi connectivity index (χ0v) is 11.9. The topological polar surface area (TPSA) is 37.8 Å². The van der Waals surface area contributed by atoms with Crippen LogP contribution < -0.4 is 5.32 Å². The summed E-state index contributed by atoms with van der Waals surface area (Å²) >= 11 is 7.54. The minimum absolute atomic E-state index is 0.503. The van der Waals surface area contributed by atoms with Crippen LogP contribution in [0.25, 0.3) is 11.0 Å². The maximum absolute atomic E-state index is 6.30. The van der Waals surface area contributed by atoms with Crippen LogP contribution in [0.15, 0.2) is 12.1 Å². The van der Waals surface area contributed by atoms with Gasteiger partial charge in [0.2, 0.25) is 0 Å². The molecular formula is C13H16ClN3S. The molecule has 1 aliphatic rings. The molecule has 1 saturated carbocycles. The molecule has 5 heteroatoms. The number of rotatable bonds is 2. The Kier molecular flexibility index (Phi) is 3.39. The Morgan fingerprint density at radius 2 is 2.11 bits per heavy atom. The largest absolute Gasteiger partial charge is 0.379 e. The van der Waals surface area contributed by atoms with Gasteiger partial charge in [0.15, 0.2) is 0 Å². The Morgan fingerprint density at radius 3 is 2.94 bits per heavy atom. The Hall–Kier alpha value is -0.870. The van der Waals surface area contributed by atoms with Gasteiger partial charge in [0.1, 0.15) is 11.0 Å². The lowest BCUT2D eigenvalue weighted by Gasteiger charge is -2.30. The number of hydrogen-bond donors (Lipinski definition) is 1. The molecule has 2 aromatic rings. The Balaban J connectivity index is 1.93. The summed E-state index contributed by atoms with van der Waals surface area (Å²) in [6, 6.07) is 4.33. The van der Waals surface area contributed by atoms with Crippen molar-refractivity contribution in [1.82, 2.24) is 8.75 Å². The van der Waals surface area contributed by atoms with Gasteiger partial charge in [0.25, 0.3) is 0 Å². The first-order valence-electron chi connectivity index (χ1n) is 6.43. The van der Waals surface area contributed by atoms with Gasteiger partial charge in [0, 0.05) is 6.04 Å². The number of anilines is 1. The molecule has 1 aromatic carbocycles. The molecule has 18 heavy (non-hydrogen) atoms. The molecule has 0 bridgehead atoms. The molecule has 1 fully saturated rings. The van der Waals surface area contributed by atoms with Gasteiger partial charge >= 0.3 is 0 Å². The highest BCUT2D eigenvalue weighted by atomic mass is 35.5. The molecule has 0 aliphatic heterocycles. The van der Waals surface area contributed by atoms with E-state index in [0.717, 1.165) is 21.7 Å². The highest BCUT2D eigenvalue weighted by molar-refractivity contribution is 7.00. The number of nitrogens with zero attached hydrogens (tertiary/aromatic N) is 2. The first kappa shape index (κ1) is 12.2. The molecule has 1 aromatic heterocycles. The smallest absolute Gasteiger partial charge is 0.129 e. The lowest BCUT2D eigenvalue weighted by atomic mass is 9.86. The van der Waals surface area contributed by atoms with Gasteiger partial charge in [-0.25, -0.2) is 0 Å². The van der Waals surface area contributed by atoms with E-state index in [0.29, 0.717) is 12.0 Å². The fourth-order valence-electron chi connectivity index (χ4n) is 2.68. The second-order valence-corrected chi connectivity index (χ2v) is 6.00. The van der Waals surface area contributed by atoms with Crippen LogP contribution in [0.1, 0.15) is 32.6 Å². The fraction of sp³-hybridized carbons (Fsp3) is 0.538. The van der Waals surface area contributed by atoms with E-state index >= 15 is 0 Å². The van der Waals surface area contributed by atoms with Crippen molar-refractivity contribution in [3.63, 3.8) is 0 Å². The van der Waals surface area contributed by atoms with E-state index in [9.17, 15) is 0 Å². The van der Waals surface area contributed by atoms with Gasteiger partial charge in [-0.1, -0.05) is 31.4 Å². The summed E-state index contributed by atoms with van der Waals surface area (Å²) in [6.07, 6.45) is 5.15. The van der Waals surface area contributed by atoms with Gasteiger partial charge < -0.3 is 5.32 Å². The van der Waals surface area contributed by atoms with Gasteiger partial charge in [-0.05, 0) is 30.9 Å². The van der Waals surface area contributed by atoms with Crippen LogP contribution >= 0.6 is 23.3 Å². The van der Waals surface area contributed by atoms with Crippen LogP contribution in [0.5, 0.6) is 0 Å². The van der Waals surface area contributed by atoms with Crippen LogP contribution in [0, 0.1) is 5.92 Å². The van der Waals surface area contributed by atoms with Crippen molar-refractivity contribution < 1.29 is 0 Å². The Labute approximate surface area is 116 Å². The van der Waals surface area contributed by atoms with Crippen LogP contribution in [-0.2, 0) is 0 Å². The quantitative estimate of drug-likeness (QED) is 0.890. The highest BCUT2D eigenvalue weighted by Crippen LogP contribution is 2.34. The molecule has 3 nitrogen and oxygen atoms in total. The van der Waals surface area contributed by atoms with Crippen LogP contribution in [0.2, 0.25) is 5.02 Å². The van der Waals surface area contributed by atoms with E-state index in [1.54, 1.807) is 0 Å². The van der Waals surface area contributed by atoms with Crippen molar-refractivity contribution in [1.29, 1.82) is 0 Å². The summed E-state index contributed by atoms with van der Waals surface area (Å²) in [7, 11) is 0. The molecule has 0 radical (unpaired) electrons. The average Bonchev–Trinajstić information content (AvgIpc) is 2.83. The summed E-state index contributed by atoms with van der Waals surface area (Å²) in [5.74, 6) is 0.691. The zero-order chi connectivity index (χ0) is 12.5. The molecule has 3 rings (SSSR count). The van der Waals surface area contributed by atoms with Crippen molar-refractivity contribution >= 4 is 40.0 Å². The highest BCUT2D eigenvalue weighted by Gasteiger charge is 2.23. The monoisotopic (exact) mass is 281 g/mol. The van der Waals surface area contributed by atoms with Crippen molar-refractivity contribution in [2.45, 2.75) is 38.6 Å². The van der Waals surface area contributed by atoms with Gasteiger partial charge in [-0.3, -0.25) is 0 Å². The standard InChI is InChI=1S/C13H16ClN3S/c1-8-4-2-3-5-10(8)15-12-9(14)6-7-11-13(12)17-18-16-11/h6-8,10,15H,2-5H2,1H3. The molecule has 0 saturated heterocycles. The third-order valence-electron chi connectivity index (χ3n) is 3.82. The number of fused-ring (bicyclic) bond motifs is 1. The van der Waals surface area contributed by atoms with E-state index in [2.05, 4.69) is 21.0 Å². The minimum Gasteiger partial charge on any atom is -0.379 e. The molecule has 96 valence electrons. The van der Waals surface area contributed by atoms with Gasteiger partial charge in [0.05, 0.1) is 22.4 Å². The predicted molar refractivity (Wildman–Crippen MR) is 77.5 cm³/mol. The molecule has 0 spiro atoms. The average molecular weight is 282 g/mol. The predicted octanol–water partition coefficient (Wildman–Crippen LogP) is 4.34. The van der Waals surface area contributed by atoms with E-state index < -0.39 is 0 Å². The number of halogens is 1. The number of benzene rings is 1. The second-order valence-electron chi connectivity index (χ2n) is 5.07.